The highest BCUT2D eigenvalue weighted by atomic mass is 79.9. The van der Waals surface area contributed by atoms with Crippen molar-refractivity contribution in [3.05, 3.63) is 54.7 Å². The summed E-state index contributed by atoms with van der Waals surface area (Å²) in [5.41, 5.74) is 1.55. The molecule has 3 fully saturated rings. The third-order valence-corrected chi connectivity index (χ3v) is 7.01. The number of halogens is 1. The average molecular weight is 488 g/mol. The number of carbonyl (C=O) groups is 1. The molecule has 31 heavy (non-hydrogen) atoms. The Morgan fingerprint density at radius 3 is 2.81 bits per heavy atom. The van der Waals surface area contributed by atoms with Gasteiger partial charge in [-0.05, 0) is 44.4 Å². The lowest BCUT2D eigenvalue weighted by Crippen LogP contribution is -3.00. The second-order valence-electron chi connectivity index (χ2n) is 10.2. The van der Waals surface area contributed by atoms with Crippen molar-refractivity contribution in [1.29, 1.82) is 0 Å². The summed E-state index contributed by atoms with van der Waals surface area (Å²) in [5, 5.41) is 15.8. The average Bonchev–Trinajstić information content (AvgIpc) is 2.71. The van der Waals surface area contributed by atoms with Gasteiger partial charge in [-0.1, -0.05) is 24.3 Å². The van der Waals surface area contributed by atoms with Crippen molar-refractivity contribution in [2.75, 3.05) is 19.6 Å². The molecule has 0 unspecified atom stereocenters. The summed E-state index contributed by atoms with van der Waals surface area (Å²) in [4.78, 5) is 17.4. The van der Waals surface area contributed by atoms with Crippen LogP contribution in [0, 0.1) is 11.8 Å². The minimum Gasteiger partial charge on any atom is -1.00 e. The Kier molecular flexibility index (Phi) is 6.94. The molecule has 1 amide bonds. The van der Waals surface area contributed by atoms with Crippen molar-refractivity contribution in [1.82, 2.24) is 10.3 Å². The van der Waals surface area contributed by atoms with Crippen LogP contribution in [-0.4, -0.2) is 51.7 Å². The van der Waals surface area contributed by atoms with E-state index in [0.717, 1.165) is 42.4 Å². The van der Waals surface area contributed by atoms with Gasteiger partial charge in [0.25, 0.3) is 5.91 Å². The maximum absolute atomic E-state index is 13.0. The van der Waals surface area contributed by atoms with E-state index in [4.69, 9.17) is 0 Å². The van der Waals surface area contributed by atoms with Crippen molar-refractivity contribution in [3.63, 3.8) is 0 Å². The number of rotatable bonds is 5. The zero-order valence-corrected chi connectivity index (χ0v) is 20.3. The Labute approximate surface area is 195 Å². The van der Waals surface area contributed by atoms with Crippen LogP contribution in [0.2, 0.25) is 0 Å². The minimum atomic E-state index is -0.631. The predicted octanol–water partition coefficient (Wildman–Crippen LogP) is 0.598. The van der Waals surface area contributed by atoms with Crippen LogP contribution >= 0.6 is 0 Å². The largest absolute Gasteiger partial charge is 1.00 e. The van der Waals surface area contributed by atoms with Gasteiger partial charge < -0.3 is 31.9 Å². The van der Waals surface area contributed by atoms with Gasteiger partial charge in [-0.2, -0.15) is 0 Å². The fraction of sp³-hybridized carbons (Fsp3) is 0.520. The number of aliphatic hydroxyl groups excluding tert-OH is 1. The Balaban J connectivity index is 0.00000272. The van der Waals surface area contributed by atoms with Gasteiger partial charge in [-0.25, -0.2) is 0 Å². The zero-order valence-electron chi connectivity index (χ0n) is 18.7. The van der Waals surface area contributed by atoms with E-state index in [9.17, 15) is 9.90 Å². The number of amides is 1. The van der Waals surface area contributed by atoms with E-state index in [1.54, 1.807) is 6.20 Å². The van der Waals surface area contributed by atoms with Gasteiger partial charge >= 0.3 is 0 Å². The van der Waals surface area contributed by atoms with E-state index >= 15 is 0 Å². The number of para-hydroxylation sites is 1. The molecular formula is C25H34BrN3O2. The third kappa shape index (κ3) is 4.71. The highest BCUT2D eigenvalue weighted by Crippen LogP contribution is 2.46. The molecule has 4 heterocycles. The van der Waals surface area contributed by atoms with Crippen LogP contribution in [-0.2, 0) is 4.79 Å². The number of benzene rings is 1. The molecule has 168 valence electrons. The molecule has 1 aromatic heterocycles. The van der Waals surface area contributed by atoms with Crippen LogP contribution in [0.3, 0.4) is 0 Å². The monoisotopic (exact) mass is 487 g/mol. The number of aliphatic hydroxyl groups is 1. The fourth-order valence-electron chi connectivity index (χ4n) is 5.71. The lowest BCUT2D eigenvalue weighted by atomic mass is 9.71. The van der Waals surface area contributed by atoms with Crippen molar-refractivity contribution >= 4 is 16.8 Å². The number of hydrogen-bond donors (Lipinski definition) is 2. The summed E-state index contributed by atoms with van der Waals surface area (Å²) in [7, 11) is 0. The van der Waals surface area contributed by atoms with E-state index in [2.05, 4.69) is 23.0 Å². The number of pyridine rings is 1. The molecule has 0 radical (unpaired) electrons. The van der Waals surface area contributed by atoms with Crippen LogP contribution in [0.1, 0.15) is 45.3 Å². The molecule has 6 heteroatoms. The molecule has 5 nitrogen and oxygen atoms in total. The molecule has 0 saturated carbocycles. The quantitative estimate of drug-likeness (QED) is 0.479. The van der Waals surface area contributed by atoms with Gasteiger partial charge in [-0.3, -0.25) is 9.78 Å². The van der Waals surface area contributed by atoms with E-state index in [1.807, 2.05) is 51.1 Å². The number of nitrogens with one attached hydrogen (secondary N) is 1. The van der Waals surface area contributed by atoms with Gasteiger partial charge in [0.05, 0.1) is 18.6 Å². The Morgan fingerprint density at radius 2 is 2.10 bits per heavy atom. The van der Waals surface area contributed by atoms with Crippen LogP contribution in [0.4, 0.5) is 0 Å². The van der Waals surface area contributed by atoms with Crippen LogP contribution in [0.15, 0.2) is 49.2 Å². The first kappa shape index (κ1) is 23.9. The van der Waals surface area contributed by atoms with Crippen molar-refractivity contribution in [2.45, 2.75) is 51.3 Å². The molecule has 5 atom stereocenters. The standard InChI is InChI=1S/C25H33N3O2.BrH/c1-5-17-15-28(16-23(29)27-25(2,3)4)13-11-18(17)14-22(28)24(30)20-10-12-26-21-9-7-6-8-19(20)21;/h5-10,12,17-18,22,24,30H,1,11,13-16H2,2-4H3;1H/t17-,18-,22+,24-,28-;/m0./s1. The predicted molar refractivity (Wildman–Crippen MR) is 120 cm³/mol. The van der Waals surface area contributed by atoms with Gasteiger partial charge in [0.1, 0.15) is 12.1 Å². The maximum Gasteiger partial charge on any atom is 0.275 e. The smallest absolute Gasteiger partial charge is 0.275 e. The number of carbonyl (C=O) groups excluding carboxylic acids is 1. The van der Waals surface area contributed by atoms with Gasteiger partial charge in [0.15, 0.2) is 6.54 Å². The Morgan fingerprint density at radius 1 is 1.35 bits per heavy atom. The molecule has 0 spiro atoms. The maximum atomic E-state index is 13.0. The van der Waals surface area contributed by atoms with E-state index in [0.29, 0.717) is 22.9 Å². The Bertz CT molecular complexity index is 952. The molecule has 5 rings (SSSR count). The molecule has 3 aliphatic rings. The number of fused-ring (bicyclic) bond motifs is 4. The topological polar surface area (TPSA) is 62.2 Å². The van der Waals surface area contributed by atoms with E-state index < -0.39 is 6.10 Å². The minimum absolute atomic E-state index is 0. The van der Waals surface area contributed by atoms with Crippen molar-refractivity contribution < 1.29 is 31.4 Å². The van der Waals surface area contributed by atoms with E-state index in [1.165, 1.54) is 0 Å². The van der Waals surface area contributed by atoms with Crippen LogP contribution in [0.25, 0.3) is 10.9 Å². The molecule has 2 N–H and O–H groups in total. The molecular weight excluding hydrogens is 454 g/mol. The summed E-state index contributed by atoms with van der Waals surface area (Å²) in [6, 6.07) is 9.90. The number of aromatic nitrogens is 1. The fourth-order valence-corrected chi connectivity index (χ4v) is 5.71. The molecule has 3 aliphatic heterocycles. The van der Waals surface area contributed by atoms with Gasteiger partial charge in [0.2, 0.25) is 0 Å². The second-order valence-corrected chi connectivity index (χ2v) is 10.2. The second kappa shape index (κ2) is 9.00. The van der Waals surface area contributed by atoms with Crippen LogP contribution in [0.5, 0.6) is 0 Å². The lowest BCUT2D eigenvalue weighted by molar-refractivity contribution is -0.966. The normalized spacial score (nSPS) is 28.6. The van der Waals surface area contributed by atoms with Gasteiger partial charge in [-0.15, -0.1) is 6.58 Å². The number of nitrogens with zero attached hydrogens (tertiary/aromatic N) is 2. The van der Waals surface area contributed by atoms with Crippen molar-refractivity contribution in [3.8, 4) is 0 Å². The van der Waals surface area contributed by atoms with E-state index in [-0.39, 0.29) is 34.5 Å². The number of piperidine rings is 3. The molecule has 0 aliphatic carbocycles. The first-order chi connectivity index (χ1) is 14.2. The first-order valence-corrected chi connectivity index (χ1v) is 11.0. The first-order valence-electron chi connectivity index (χ1n) is 11.0. The number of quaternary nitrogens is 1. The molecule has 2 bridgehead atoms. The van der Waals surface area contributed by atoms with Crippen molar-refractivity contribution in [2.24, 2.45) is 11.8 Å². The SMILES string of the molecule is C=C[C@H]1C[N@+]2(CC(=O)NC(C)(C)C)CC[C@H]1C[C@@H]2[C@@H](O)c1ccnc2ccccc12.[Br-]. The lowest BCUT2D eigenvalue weighted by Gasteiger charge is -2.57. The van der Waals surface area contributed by atoms with Crippen LogP contribution < -0.4 is 22.3 Å². The zero-order chi connectivity index (χ0) is 21.5. The highest BCUT2D eigenvalue weighted by Gasteiger charge is 2.54. The summed E-state index contributed by atoms with van der Waals surface area (Å²) in [6.45, 7) is 12.3. The highest BCUT2D eigenvalue weighted by molar-refractivity contribution is 5.82. The number of hydrogen-bond acceptors (Lipinski definition) is 3. The Hall–Kier alpha value is -1.76. The molecule has 1 aromatic carbocycles. The summed E-state index contributed by atoms with van der Waals surface area (Å²) >= 11 is 0. The summed E-state index contributed by atoms with van der Waals surface area (Å²) in [5.74, 6) is 0.988. The molecule has 3 saturated heterocycles. The summed E-state index contributed by atoms with van der Waals surface area (Å²) < 4.78 is 0.632. The van der Waals surface area contributed by atoms with Gasteiger partial charge in [0, 0.05) is 35.9 Å². The molecule has 2 aromatic rings. The summed E-state index contributed by atoms with van der Waals surface area (Å²) in [6.07, 6.45) is 5.20. The third-order valence-electron chi connectivity index (χ3n) is 7.01.